The van der Waals surface area contributed by atoms with Crippen LogP contribution in [0.2, 0.25) is 0 Å². The summed E-state index contributed by atoms with van der Waals surface area (Å²) in [7, 11) is 1.63. The molecule has 1 heterocycles. The number of para-hydroxylation sites is 1. The van der Waals surface area contributed by atoms with Gasteiger partial charge in [0, 0.05) is 31.7 Å². The number of nitrogens with zero attached hydrogens (tertiary/aromatic N) is 3. The molecule has 0 saturated heterocycles. The van der Waals surface area contributed by atoms with Crippen LogP contribution in [-0.4, -0.2) is 52.7 Å². The number of halogens is 1. The van der Waals surface area contributed by atoms with Crippen LogP contribution in [0.5, 0.6) is 0 Å². The zero-order chi connectivity index (χ0) is 15.1. The third-order valence-electron chi connectivity index (χ3n) is 3.06. The third-order valence-corrected chi connectivity index (χ3v) is 3.41. The molecule has 0 spiro atoms. The molecule has 0 aliphatic rings. The van der Waals surface area contributed by atoms with Gasteiger partial charge >= 0.3 is 0 Å². The van der Waals surface area contributed by atoms with Crippen molar-refractivity contribution in [3.05, 3.63) is 48.3 Å². The maximum atomic E-state index is 12.5. The van der Waals surface area contributed by atoms with Crippen molar-refractivity contribution in [2.45, 2.75) is 0 Å². The van der Waals surface area contributed by atoms with Gasteiger partial charge in [0.05, 0.1) is 24.1 Å². The van der Waals surface area contributed by atoms with Crippen LogP contribution in [0.4, 0.5) is 0 Å². The Balaban J connectivity index is 2.13. The van der Waals surface area contributed by atoms with Crippen LogP contribution in [-0.2, 0) is 4.74 Å². The maximum absolute atomic E-state index is 12.5. The monoisotopic (exact) mass is 351 g/mol. The minimum Gasteiger partial charge on any atom is -0.383 e. The molecule has 0 bridgehead atoms. The quantitative estimate of drug-likeness (QED) is 0.719. The van der Waals surface area contributed by atoms with E-state index in [-0.39, 0.29) is 5.91 Å². The molecule has 0 radical (unpaired) electrons. The van der Waals surface area contributed by atoms with Crippen LogP contribution in [0.15, 0.2) is 42.7 Å². The normalized spacial score (nSPS) is 10.6. The number of carbonyl (C=O) groups is 1. The van der Waals surface area contributed by atoms with Crippen LogP contribution in [0.1, 0.15) is 10.4 Å². The number of rotatable bonds is 7. The number of carbonyl (C=O) groups excluding carboxylic acids is 1. The summed E-state index contributed by atoms with van der Waals surface area (Å²) in [6.07, 6.45) is 3.36. The summed E-state index contributed by atoms with van der Waals surface area (Å²) >= 11 is 3.37. The first kappa shape index (κ1) is 15.7. The smallest absolute Gasteiger partial charge is 0.257 e. The molecule has 2 aromatic rings. The molecule has 5 nitrogen and oxygen atoms in total. The number of ether oxygens (including phenoxy) is 1. The van der Waals surface area contributed by atoms with Gasteiger partial charge in [0.25, 0.3) is 5.91 Å². The fraction of sp³-hybridized carbons (Fsp3) is 0.333. The molecule has 1 aromatic heterocycles. The van der Waals surface area contributed by atoms with Crippen LogP contribution in [0.25, 0.3) is 5.69 Å². The number of alkyl halides is 1. The largest absolute Gasteiger partial charge is 0.383 e. The van der Waals surface area contributed by atoms with E-state index in [1.165, 1.54) is 0 Å². The first-order chi connectivity index (χ1) is 10.3. The van der Waals surface area contributed by atoms with Crippen molar-refractivity contribution >= 4 is 21.8 Å². The van der Waals surface area contributed by atoms with E-state index >= 15 is 0 Å². The first-order valence-electron chi connectivity index (χ1n) is 6.70. The Kier molecular flexibility index (Phi) is 5.95. The van der Waals surface area contributed by atoms with E-state index in [9.17, 15) is 4.79 Å². The van der Waals surface area contributed by atoms with E-state index in [4.69, 9.17) is 4.74 Å². The van der Waals surface area contributed by atoms with Crippen LogP contribution in [0, 0.1) is 0 Å². The number of methoxy groups -OCH3 is 1. The van der Waals surface area contributed by atoms with Gasteiger partial charge in [-0.3, -0.25) is 4.79 Å². The minimum atomic E-state index is -0.0336. The summed E-state index contributed by atoms with van der Waals surface area (Å²) in [5.41, 5.74) is 1.51. The van der Waals surface area contributed by atoms with Gasteiger partial charge < -0.3 is 9.64 Å². The lowest BCUT2D eigenvalue weighted by Crippen LogP contribution is -2.35. The summed E-state index contributed by atoms with van der Waals surface area (Å²) in [5, 5.41) is 4.99. The van der Waals surface area contributed by atoms with Gasteiger partial charge in [-0.25, -0.2) is 4.68 Å². The molecule has 1 amide bonds. The molecule has 21 heavy (non-hydrogen) atoms. The van der Waals surface area contributed by atoms with Gasteiger partial charge in [-0.1, -0.05) is 34.1 Å². The summed E-state index contributed by atoms with van der Waals surface area (Å²) in [5.74, 6) is -0.0336. The van der Waals surface area contributed by atoms with E-state index in [1.807, 2.05) is 30.3 Å². The highest BCUT2D eigenvalue weighted by Crippen LogP contribution is 2.10. The molecule has 0 saturated carbocycles. The first-order valence-corrected chi connectivity index (χ1v) is 7.82. The summed E-state index contributed by atoms with van der Waals surface area (Å²) in [6, 6.07) is 9.72. The predicted molar refractivity (Wildman–Crippen MR) is 85.1 cm³/mol. The molecular formula is C15H18BrN3O2. The number of aromatic nitrogens is 2. The van der Waals surface area contributed by atoms with Crippen molar-refractivity contribution < 1.29 is 9.53 Å². The van der Waals surface area contributed by atoms with Crippen LogP contribution < -0.4 is 0 Å². The molecular weight excluding hydrogens is 334 g/mol. The molecule has 1 aromatic carbocycles. The molecule has 0 N–H and O–H groups in total. The molecule has 0 fully saturated rings. The van der Waals surface area contributed by atoms with E-state index < -0.39 is 0 Å². The lowest BCUT2D eigenvalue weighted by Gasteiger charge is -2.20. The summed E-state index contributed by atoms with van der Waals surface area (Å²) in [6.45, 7) is 1.72. The minimum absolute atomic E-state index is 0.0336. The fourth-order valence-electron chi connectivity index (χ4n) is 1.96. The standard InChI is InChI=1S/C15H18BrN3O2/c1-21-10-9-18(8-7-16)15(20)13-11-17-19(12-13)14-5-3-2-4-6-14/h2-6,11-12H,7-10H2,1H3. The van der Waals surface area contributed by atoms with Gasteiger partial charge in [0.2, 0.25) is 0 Å². The number of benzene rings is 1. The summed E-state index contributed by atoms with van der Waals surface area (Å²) < 4.78 is 6.75. The highest BCUT2D eigenvalue weighted by atomic mass is 79.9. The Morgan fingerprint density at radius 2 is 2.10 bits per heavy atom. The molecule has 2 rings (SSSR count). The van der Waals surface area contributed by atoms with Crippen molar-refractivity contribution in [1.82, 2.24) is 14.7 Å². The van der Waals surface area contributed by atoms with E-state index in [0.717, 1.165) is 11.0 Å². The van der Waals surface area contributed by atoms with Crippen LogP contribution in [0.3, 0.4) is 0 Å². The topological polar surface area (TPSA) is 47.4 Å². The number of hydrogen-bond acceptors (Lipinski definition) is 3. The predicted octanol–water partition coefficient (Wildman–Crippen LogP) is 2.36. The number of amides is 1. The lowest BCUT2D eigenvalue weighted by molar-refractivity contribution is 0.0709. The maximum Gasteiger partial charge on any atom is 0.257 e. The van der Waals surface area contributed by atoms with E-state index in [0.29, 0.717) is 25.3 Å². The van der Waals surface area contributed by atoms with Gasteiger partial charge in [0.15, 0.2) is 0 Å². The van der Waals surface area contributed by atoms with Crippen molar-refractivity contribution in [2.24, 2.45) is 0 Å². The molecule has 0 atom stereocenters. The second-order valence-corrected chi connectivity index (χ2v) is 5.28. The Morgan fingerprint density at radius 1 is 1.33 bits per heavy atom. The highest BCUT2D eigenvalue weighted by molar-refractivity contribution is 9.09. The zero-order valence-electron chi connectivity index (χ0n) is 11.9. The molecule has 0 aliphatic heterocycles. The van der Waals surface area contributed by atoms with Crippen molar-refractivity contribution in [2.75, 3.05) is 32.1 Å². The molecule has 0 aliphatic carbocycles. The van der Waals surface area contributed by atoms with Crippen molar-refractivity contribution in [3.8, 4) is 5.69 Å². The second kappa shape index (κ2) is 7.95. The fourth-order valence-corrected chi connectivity index (χ4v) is 2.38. The van der Waals surface area contributed by atoms with Crippen molar-refractivity contribution in [3.63, 3.8) is 0 Å². The Labute approximate surface area is 132 Å². The Morgan fingerprint density at radius 3 is 2.76 bits per heavy atom. The van der Waals surface area contributed by atoms with Gasteiger partial charge in [-0.2, -0.15) is 5.10 Å². The van der Waals surface area contributed by atoms with E-state index in [2.05, 4.69) is 21.0 Å². The highest BCUT2D eigenvalue weighted by Gasteiger charge is 2.17. The van der Waals surface area contributed by atoms with Gasteiger partial charge in [-0.05, 0) is 12.1 Å². The Hall–Kier alpha value is -1.66. The van der Waals surface area contributed by atoms with Gasteiger partial charge in [0.1, 0.15) is 0 Å². The SMILES string of the molecule is COCCN(CCBr)C(=O)c1cnn(-c2ccccc2)c1. The summed E-state index contributed by atoms with van der Waals surface area (Å²) in [4.78, 5) is 14.2. The molecule has 0 unspecified atom stereocenters. The average Bonchev–Trinajstić information content (AvgIpc) is 3.01. The number of hydrogen-bond donors (Lipinski definition) is 0. The second-order valence-electron chi connectivity index (χ2n) is 4.48. The zero-order valence-corrected chi connectivity index (χ0v) is 13.5. The Bertz CT molecular complexity index is 571. The molecule has 112 valence electrons. The van der Waals surface area contributed by atoms with Crippen molar-refractivity contribution in [1.29, 1.82) is 0 Å². The molecule has 6 heteroatoms. The van der Waals surface area contributed by atoms with Gasteiger partial charge in [-0.15, -0.1) is 0 Å². The van der Waals surface area contributed by atoms with Crippen LogP contribution >= 0.6 is 15.9 Å². The third kappa shape index (κ3) is 4.15. The average molecular weight is 352 g/mol. The lowest BCUT2D eigenvalue weighted by atomic mass is 10.3. The van der Waals surface area contributed by atoms with E-state index in [1.54, 1.807) is 29.1 Å².